The Bertz CT molecular complexity index is 1480. The lowest BCUT2D eigenvalue weighted by Gasteiger charge is -2.05. The van der Waals surface area contributed by atoms with Crippen molar-refractivity contribution in [3.63, 3.8) is 0 Å². The van der Waals surface area contributed by atoms with Gasteiger partial charge < -0.3 is 30.6 Å². The Hall–Kier alpha value is -3.40. The van der Waals surface area contributed by atoms with Crippen LogP contribution in [0.2, 0.25) is 20.1 Å². The fourth-order valence-electron chi connectivity index (χ4n) is 2.78. The number of rotatable bonds is 6. The molecule has 0 aliphatic carbocycles. The second-order valence-corrected chi connectivity index (χ2v) is 10.5. The second kappa shape index (κ2) is 15.7. The summed E-state index contributed by atoms with van der Waals surface area (Å²) in [6, 6.07) is 7.06. The smallest absolute Gasteiger partial charge is 0.338 e. The van der Waals surface area contributed by atoms with Crippen LogP contribution < -0.4 is 0 Å². The van der Waals surface area contributed by atoms with Crippen LogP contribution in [-0.4, -0.2) is 66.5 Å². The van der Waals surface area contributed by atoms with Gasteiger partial charge in [0, 0.05) is 8.95 Å². The van der Waals surface area contributed by atoms with Crippen molar-refractivity contribution in [3.05, 3.63) is 98.8 Å². The van der Waals surface area contributed by atoms with E-state index in [4.69, 9.17) is 77.0 Å². The number of hydrogen-bond acceptors (Lipinski definition) is 6. The van der Waals surface area contributed by atoms with Gasteiger partial charge in [0.25, 0.3) is 0 Å². The number of carboxylic acid groups (broad SMARTS) is 6. The molecule has 0 aliphatic rings. The fraction of sp³-hybridized carbons (Fsp3) is 0. The van der Waals surface area contributed by atoms with E-state index in [1.54, 1.807) is 0 Å². The van der Waals surface area contributed by atoms with Crippen molar-refractivity contribution in [1.82, 2.24) is 0 Å². The van der Waals surface area contributed by atoms with Gasteiger partial charge >= 0.3 is 35.8 Å². The van der Waals surface area contributed by atoms with Crippen LogP contribution in [0.3, 0.4) is 0 Å². The monoisotopic (exact) mass is 790 g/mol. The summed E-state index contributed by atoms with van der Waals surface area (Å²) in [5.74, 6) is -8.05. The third kappa shape index (κ3) is 9.31. The van der Waals surface area contributed by atoms with E-state index in [2.05, 4.69) is 31.9 Å². The Balaban J connectivity index is 0.000000315. The van der Waals surface area contributed by atoms with Crippen molar-refractivity contribution >= 4 is 114 Å². The maximum Gasteiger partial charge on any atom is 0.338 e. The maximum absolute atomic E-state index is 10.8. The highest BCUT2D eigenvalue weighted by Crippen LogP contribution is 2.30. The van der Waals surface area contributed by atoms with E-state index in [0.29, 0.717) is 4.47 Å². The highest BCUT2D eigenvalue weighted by Gasteiger charge is 2.22. The highest BCUT2D eigenvalue weighted by molar-refractivity contribution is 9.13. The molecule has 0 aliphatic heterocycles. The largest absolute Gasteiger partial charge is 0.478 e. The van der Waals surface area contributed by atoms with Crippen LogP contribution in [-0.2, 0) is 0 Å². The van der Waals surface area contributed by atoms with E-state index >= 15 is 0 Å². The molecule has 0 amide bonds. The van der Waals surface area contributed by atoms with Crippen molar-refractivity contribution in [2.45, 2.75) is 0 Å². The zero-order chi connectivity index (χ0) is 32.6. The van der Waals surface area contributed by atoms with E-state index in [9.17, 15) is 28.8 Å². The molecule has 3 aromatic rings. The Labute approximate surface area is 270 Å². The van der Waals surface area contributed by atoms with Crippen LogP contribution in [0.1, 0.15) is 62.1 Å². The molecule has 18 heteroatoms. The zero-order valence-electron chi connectivity index (χ0n) is 19.9. The summed E-state index contributed by atoms with van der Waals surface area (Å²) in [5, 5.41) is 52.0. The lowest BCUT2D eigenvalue weighted by atomic mass is 10.1. The molecule has 0 aromatic heterocycles. The Morgan fingerprint density at radius 2 is 0.833 bits per heavy atom. The molecule has 0 fully saturated rings. The molecule has 3 aromatic carbocycles. The third-order valence-electron chi connectivity index (χ3n) is 4.60. The van der Waals surface area contributed by atoms with Gasteiger partial charge in [-0.05, 0) is 68.3 Å². The maximum atomic E-state index is 10.8. The molecule has 0 saturated heterocycles. The van der Waals surface area contributed by atoms with Gasteiger partial charge in [-0.25, -0.2) is 28.8 Å². The number of carboxylic acids is 6. The lowest BCUT2D eigenvalue weighted by Crippen LogP contribution is -2.09. The summed E-state index contributed by atoms with van der Waals surface area (Å²) in [5.41, 5.74) is -2.14. The van der Waals surface area contributed by atoms with Gasteiger partial charge in [0.15, 0.2) is 0 Å². The molecular weight excluding hydrogens is 782 g/mol. The van der Waals surface area contributed by atoms with Crippen molar-refractivity contribution in [3.8, 4) is 0 Å². The molecule has 222 valence electrons. The van der Waals surface area contributed by atoms with E-state index in [1.807, 2.05) is 0 Å². The SMILES string of the molecule is O=C(O)c1cc(Cl)c(Cl)cc1C(=O)O.O=C(O)c1ccc(Br)c(Br)c1C(=O)O.O=C(O)c1ccc(Cl)c(Cl)c1C(=O)O. The van der Waals surface area contributed by atoms with Gasteiger partial charge in [-0.15, -0.1) is 0 Å². The standard InChI is InChI=1S/C8H4Br2O4.2C8H4Cl2O4/c9-4-2-1-3(7(11)12)5(6(4)10)8(13)14;9-5-1-3(7(11)12)4(8(13)14)2-6(5)10;9-4-2-1-3(7(11)12)5(6(4)10)8(13)14/h3*1-2H,(H,11,12)(H,13,14). The van der Waals surface area contributed by atoms with Crippen LogP contribution >= 0.6 is 78.3 Å². The summed E-state index contributed by atoms with van der Waals surface area (Å²) in [6.45, 7) is 0. The highest BCUT2D eigenvalue weighted by atomic mass is 79.9. The predicted molar refractivity (Wildman–Crippen MR) is 157 cm³/mol. The molecule has 42 heavy (non-hydrogen) atoms. The average Bonchev–Trinajstić information content (AvgIpc) is 2.88. The van der Waals surface area contributed by atoms with Gasteiger partial charge in [-0.1, -0.05) is 46.4 Å². The van der Waals surface area contributed by atoms with E-state index in [1.165, 1.54) is 18.2 Å². The fourth-order valence-corrected chi connectivity index (χ4v) is 4.35. The molecule has 3 rings (SSSR count). The molecule has 6 N–H and O–H groups in total. The minimum atomic E-state index is -1.42. The summed E-state index contributed by atoms with van der Waals surface area (Å²) < 4.78 is 0.727. The van der Waals surface area contributed by atoms with Gasteiger partial charge in [-0.2, -0.15) is 0 Å². The normalized spacial score (nSPS) is 9.86. The number of hydrogen-bond donors (Lipinski definition) is 6. The minimum absolute atomic E-state index is 0.00840. The third-order valence-corrected chi connectivity index (χ3v) is 8.14. The summed E-state index contributed by atoms with van der Waals surface area (Å²) >= 11 is 28.3. The summed E-state index contributed by atoms with van der Waals surface area (Å²) in [4.78, 5) is 64.0. The Kier molecular flexibility index (Phi) is 13.7. The van der Waals surface area contributed by atoms with Gasteiger partial charge in [0.2, 0.25) is 0 Å². The molecule has 0 bridgehead atoms. The second-order valence-electron chi connectivity index (χ2n) is 7.21. The number of carbonyl (C=O) groups is 6. The topological polar surface area (TPSA) is 224 Å². The quantitative estimate of drug-likeness (QED) is 0.144. The zero-order valence-corrected chi connectivity index (χ0v) is 26.1. The summed E-state index contributed by atoms with van der Waals surface area (Å²) in [7, 11) is 0. The van der Waals surface area contributed by atoms with Gasteiger partial charge in [0.05, 0.1) is 53.5 Å². The lowest BCUT2D eigenvalue weighted by molar-refractivity contribution is 0.0650. The first-order valence-electron chi connectivity index (χ1n) is 10.2. The molecule has 12 nitrogen and oxygen atoms in total. The first-order valence-corrected chi connectivity index (χ1v) is 13.3. The molecule has 0 radical (unpaired) electrons. The number of benzene rings is 3. The molecule has 0 saturated carbocycles. The van der Waals surface area contributed by atoms with Gasteiger partial charge in [-0.3, -0.25) is 0 Å². The van der Waals surface area contributed by atoms with Crippen molar-refractivity contribution in [2.24, 2.45) is 0 Å². The average molecular weight is 794 g/mol. The molecule has 0 heterocycles. The molecule has 0 atom stereocenters. The number of aromatic carboxylic acids is 6. The van der Waals surface area contributed by atoms with Crippen LogP contribution in [0.15, 0.2) is 45.3 Å². The molecule has 0 spiro atoms. The van der Waals surface area contributed by atoms with Crippen LogP contribution in [0.5, 0.6) is 0 Å². The van der Waals surface area contributed by atoms with E-state index in [-0.39, 0.29) is 52.4 Å². The first kappa shape index (κ1) is 36.6. The van der Waals surface area contributed by atoms with Crippen LogP contribution in [0, 0.1) is 0 Å². The molecule has 0 unspecified atom stereocenters. The van der Waals surface area contributed by atoms with Crippen molar-refractivity contribution < 1.29 is 59.4 Å². The van der Waals surface area contributed by atoms with Crippen molar-refractivity contribution in [2.75, 3.05) is 0 Å². The van der Waals surface area contributed by atoms with Crippen molar-refractivity contribution in [1.29, 1.82) is 0 Å². The number of halogens is 6. The molecular formula is C24H12Br2Cl4O12. The van der Waals surface area contributed by atoms with E-state index < -0.39 is 41.4 Å². The minimum Gasteiger partial charge on any atom is -0.478 e. The Morgan fingerprint density at radius 1 is 0.476 bits per heavy atom. The van der Waals surface area contributed by atoms with Crippen LogP contribution in [0.25, 0.3) is 0 Å². The predicted octanol–water partition coefficient (Wildman–Crippen LogP) is 7.39. The first-order chi connectivity index (χ1) is 19.3. The Morgan fingerprint density at radius 3 is 1.19 bits per heavy atom. The van der Waals surface area contributed by atoms with Crippen LogP contribution in [0.4, 0.5) is 0 Å². The van der Waals surface area contributed by atoms with Gasteiger partial charge in [0.1, 0.15) is 0 Å². The summed E-state index contributed by atoms with van der Waals surface area (Å²) in [6.07, 6.45) is 0. The van der Waals surface area contributed by atoms with E-state index in [0.717, 1.165) is 18.2 Å².